The number of hydrogen-bond donors (Lipinski definition) is 2. The van der Waals surface area contributed by atoms with Crippen molar-refractivity contribution in [2.24, 2.45) is 5.73 Å². The highest BCUT2D eigenvalue weighted by Crippen LogP contribution is 1.93. The highest BCUT2D eigenvalue weighted by molar-refractivity contribution is 5.71. The third-order valence-corrected chi connectivity index (χ3v) is 1.65. The molecule has 1 saturated heterocycles. The Bertz CT molecular complexity index is 118. The summed E-state index contributed by atoms with van der Waals surface area (Å²) in [6.07, 6.45) is 1.00. The average molecular weight is 143 g/mol. The molecule has 0 unspecified atom stereocenters. The quantitative estimate of drug-likeness (QED) is 0.474. The van der Waals surface area contributed by atoms with Crippen molar-refractivity contribution < 1.29 is 4.79 Å². The van der Waals surface area contributed by atoms with Crippen molar-refractivity contribution >= 4 is 6.03 Å². The molecule has 0 aromatic rings. The number of urea groups is 1. The molecule has 0 spiro atoms. The minimum atomic E-state index is -0.302. The minimum absolute atomic E-state index is 0.302. The molecule has 4 nitrogen and oxygen atoms in total. The fourth-order valence-corrected chi connectivity index (χ4v) is 1.07. The van der Waals surface area contributed by atoms with E-state index in [1.165, 1.54) is 0 Å². The summed E-state index contributed by atoms with van der Waals surface area (Å²) in [6, 6.07) is -0.302. The summed E-state index contributed by atoms with van der Waals surface area (Å²) in [5.41, 5.74) is 5.10. The van der Waals surface area contributed by atoms with Gasteiger partial charge in [-0.2, -0.15) is 0 Å². The van der Waals surface area contributed by atoms with Gasteiger partial charge in [-0.25, -0.2) is 4.79 Å². The Labute approximate surface area is 60.4 Å². The number of rotatable bonds is 0. The van der Waals surface area contributed by atoms with Crippen LogP contribution in [0, 0.1) is 0 Å². The molecule has 2 amide bonds. The highest BCUT2D eigenvalue weighted by atomic mass is 16.2. The van der Waals surface area contributed by atoms with E-state index in [1.807, 2.05) is 0 Å². The first-order chi connectivity index (χ1) is 4.80. The van der Waals surface area contributed by atoms with E-state index in [2.05, 4.69) is 5.32 Å². The van der Waals surface area contributed by atoms with E-state index < -0.39 is 0 Å². The summed E-state index contributed by atoms with van der Waals surface area (Å²) in [7, 11) is 0. The number of primary amides is 1. The molecular weight excluding hydrogens is 130 g/mol. The lowest BCUT2D eigenvalue weighted by Gasteiger charge is -2.15. The first-order valence-electron chi connectivity index (χ1n) is 3.56. The molecule has 10 heavy (non-hydrogen) atoms. The van der Waals surface area contributed by atoms with E-state index in [-0.39, 0.29) is 6.03 Å². The van der Waals surface area contributed by atoms with E-state index >= 15 is 0 Å². The van der Waals surface area contributed by atoms with Crippen LogP contribution >= 0.6 is 0 Å². The molecule has 0 saturated carbocycles. The van der Waals surface area contributed by atoms with Crippen LogP contribution in [0.5, 0.6) is 0 Å². The Morgan fingerprint density at radius 2 is 2.20 bits per heavy atom. The molecule has 0 aromatic carbocycles. The zero-order valence-corrected chi connectivity index (χ0v) is 5.97. The number of hydrogen-bond acceptors (Lipinski definition) is 2. The zero-order valence-electron chi connectivity index (χ0n) is 5.97. The molecule has 0 bridgehead atoms. The van der Waals surface area contributed by atoms with Gasteiger partial charge in [0.15, 0.2) is 0 Å². The van der Waals surface area contributed by atoms with Crippen LogP contribution in [0.1, 0.15) is 6.42 Å². The predicted molar refractivity (Wildman–Crippen MR) is 38.6 cm³/mol. The van der Waals surface area contributed by atoms with E-state index in [4.69, 9.17) is 5.73 Å². The van der Waals surface area contributed by atoms with Gasteiger partial charge in [-0.1, -0.05) is 0 Å². The number of carbonyl (C=O) groups excluding carboxylic acids is 1. The summed E-state index contributed by atoms with van der Waals surface area (Å²) >= 11 is 0. The van der Waals surface area contributed by atoms with Crippen molar-refractivity contribution in [2.45, 2.75) is 6.42 Å². The lowest BCUT2D eigenvalue weighted by atomic mass is 10.4. The van der Waals surface area contributed by atoms with Crippen LogP contribution in [0.3, 0.4) is 0 Å². The van der Waals surface area contributed by atoms with Crippen LogP contribution in [-0.4, -0.2) is 37.1 Å². The third-order valence-electron chi connectivity index (χ3n) is 1.65. The Morgan fingerprint density at radius 1 is 1.40 bits per heavy atom. The fourth-order valence-electron chi connectivity index (χ4n) is 1.07. The van der Waals surface area contributed by atoms with Gasteiger partial charge in [-0.15, -0.1) is 0 Å². The van der Waals surface area contributed by atoms with Gasteiger partial charge < -0.3 is 16.0 Å². The van der Waals surface area contributed by atoms with Crippen LogP contribution in [0.25, 0.3) is 0 Å². The molecule has 1 fully saturated rings. The molecule has 1 aliphatic rings. The molecule has 0 aliphatic carbocycles. The molecule has 1 aliphatic heterocycles. The van der Waals surface area contributed by atoms with Gasteiger partial charge in [-0.05, 0) is 13.0 Å². The largest absolute Gasteiger partial charge is 0.351 e. The van der Waals surface area contributed by atoms with Crippen molar-refractivity contribution in [3.63, 3.8) is 0 Å². The molecule has 58 valence electrons. The summed E-state index contributed by atoms with van der Waals surface area (Å²) in [4.78, 5) is 12.3. The fraction of sp³-hybridized carbons (Fsp3) is 0.833. The Hall–Kier alpha value is -0.770. The second-order valence-electron chi connectivity index (χ2n) is 2.43. The lowest BCUT2D eigenvalue weighted by molar-refractivity contribution is 0.211. The van der Waals surface area contributed by atoms with Gasteiger partial charge in [0.2, 0.25) is 0 Å². The predicted octanol–water partition coefficient (Wildman–Crippen LogP) is -0.640. The molecule has 4 heteroatoms. The van der Waals surface area contributed by atoms with E-state index in [9.17, 15) is 4.79 Å². The van der Waals surface area contributed by atoms with Gasteiger partial charge in [0.25, 0.3) is 0 Å². The van der Waals surface area contributed by atoms with Crippen LogP contribution in [0.4, 0.5) is 4.79 Å². The lowest BCUT2D eigenvalue weighted by Crippen LogP contribution is -2.38. The minimum Gasteiger partial charge on any atom is -0.351 e. The molecule has 0 radical (unpaired) electrons. The van der Waals surface area contributed by atoms with Gasteiger partial charge in [0.05, 0.1) is 0 Å². The summed E-state index contributed by atoms with van der Waals surface area (Å²) in [6.45, 7) is 3.39. The van der Waals surface area contributed by atoms with Gasteiger partial charge in [0, 0.05) is 19.6 Å². The standard InChI is InChI=1S/C6H13N3O/c7-6(10)9-4-1-2-8-3-5-9/h8H,1-5H2,(H2,7,10). The maximum absolute atomic E-state index is 10.6. The van der Waals surface area contributed by atoms with Crippen molar-refractivity contribution in [2.75, 3.05) is 26.2 Å². The second-order valence-corrected chi connectivity index (χ2v) is 2.43. The number of nitrogens with zero attached hydrogens (tertiary/aromatic N) is 1. The molecule has 3 N–H and O–H groups in total. The average Bonchev–Trinajstić information content (AvgIpc) is 2.12. The molecule has 1 heterocycles. The first-order valence-corrected chi connectivity index (χ1v) is 3.56. The van der Waals surface area contributed by atoms with Crippen molar-refractivity contribution in [1.29, 1.82) is 0 Å². The normalized spacial score (nSPS) is 20.2. The smallest absolute Gasteiger partial charge is 0.314 e. The van der Waals surface area contributed by atoms with Gasteiger partial charge >= 0.3 is 6.03 Å². The molecule has 0 atom stereocenters. The summed E-state index contributed by atoms with van der Waals surface area (Å²) in [5, 5.41) is 3.18. The van der Waals surface area contributed by atoms with Gasteiger partial charge in [-0.3, -0.25) is 0 Å². The van der Waals surface area contributed by atoms with Crippen molar-refractivity contribution in [3.8, 4) is 0 Å². The third kappa shape index (κ3) is 1.88. The zero-order chi connectivity index (χ0) is 7.40. The number of nitrogens with one attached hydrogen (secondary N) is 1. The second kappa shape index (κ2) is 3.41. The Morgan fingerprint density at radius 3 is 2.90 bits per heavy atom. The van der Waals surface area contributed by atoms with Crippen LogP contribution in [-0.2, 0) is 0 Å². The molecular formula is C6H13N3O. The van der Waals surface area contributed by atoms with Crippen LogP contribution < -0.4 is 11.1 Å². The maximum atomic E-state index is 10.6. The Balaban J connectivity index is 2.35. The number of amides is 2. The Kier molecular flexibility index (Phi) is 2.50. The van der Waals surface area contributed by atoms with E-state index in [0.29, 0.717) is 0 Å². The van der Waals surface area contributed by atoms with E-state index in [1.54, 1.807) is 4.90 Å². The molecule has 0 aromatic heterocycles. The number of nitrogens with two attached hydrogens (primary N) is 1. The molecule has 1 rings (SSSR count). The topological polar surface area (TPSA) is 58.4 Å². The van der Waals surface area contributed by atoms with Crippen molar-refractivity contribution in [3.05, 3.63) is 0 Å². The van der Waals surface area contributed by atoms with Crippen LogP contribution in [0.15, 0.2) is 0 Å². The first kappa shape index (κ1) is 7.34. The highest BCUT2D eigenvalue weighted by Gasteiger charge is 2.10. The summed E-state index contributed by atoms with van der Waals surface area (Å²) < 4.78 is 0. The SMILES string of the molecule is NC(=O)N1CCCNCC1. The van der Waals surface area contributed by atoms with Crippen LogP contribution in [0.2, 0.25) is 0 Å². The monoisotopic (exact) mass is 143 g/mol. The maximum Gasteiger partial charge on any atom is 0.314 e. The van der Waals surface area contributed by atoms with Gasteiger partial charge in [0.1, 0.15) is 0 Å². The number of carbonyl (C=O) groups is 1. The summed E-state index contributed by atoms with van der Waals surface area (Å²) in [5.74, 6) is 0. The van der Waals surface area contributed by atoms with Crippen molar-refractivity contribution in [1.82, 2.24) is 10.2 Å². The van der Waals surface area contributed by atoms with E-state index in [0.717, 1.165) is 32.6 Å².